The van der Waals surface area contributed by atoms with Gasteiger partial charge >= 0.3 is 12.2 Å². The molecule has 0 bridgehead atoms. The number of hydrogen-bond acceptors (Lipinski definition) is 2. The molecule has 0 spiro atoms. The van der Waals surface area contributed by atoms with Crippen molar-refractivity contribution in [2.45, 2.75) is 44.9 Å². The fourth-order valence-electron chi connectivity index (χ4n) is 2.90. The fraction of sp³-hybridized carbons (Fsp3) is 0.562. The smallest absolute Gasteiger partial charge is 0.408 e. The number of carbonyl (C=O) groups is 1. The largest absolute Gasteiger partial charge is 0.508 e. The lowest BCUT2D eigenvalue weighted by molar-refractivity contribution is -0.162. The average molecular weight is 330 g/mol. The van der Waals surface area contributed by atoms with Crippen molar-refractivity contribution in [3.05, 3.63) is 29.8 Å². The Morgan fingerprint density at radius 1 is 1.30 bits per heavy atom. The molecule has 23 heavy (non-hydrogen) atoms. The molecule has 1 aliphatic rings. The molecule has 2 atom stereocenters. The molecular formula is C16H21F3N2O2. The summed E-state index contributed by atoms with van der Waals surface area (Å²) < 4.78 is 39.1. The number of aromatic hydroxyl groups is 1. The molecule has 4 nitrogen and oxygen atoms in total. The van der Waals surface area contributed by atoms with Crippen LogP contribution in [-0.4, -0.2) is 34.8 Å². The van der Waals surface area contributed by atoms with Crippen LogP contribution in [0.4, 0.5) is 18.0 Å². The van der Waals surface area contributed by atoms with Gasteiger partial charge in [-0.05, 0) is 36.5 Å². The quantitative estimate of drug-likeness (QED) is 0.885. The topological polar surface area (TPSA) is 52.6 Å². The Hall–Kier alpha value is -1.92. The molecule has 1 heterocycles. The number of carbonyl (C=O) groups excluding carboxylic acids is 1. The number of hydrogen-bond donors (Lipinski definition) is 2. The summed E-state index contributed by atoms with van der Waals surface area (Å²) in [5.74, 6) is -0.631. The van der Waals surface area contributed by atoms with Crippen LogP contribution in [0.15, 0.2) is 24.3 Å². The summed E-state index contributed by atoms with van der Waals surface area (Å²) in [4.78, 5) is 13.8. The van der Waals surface area contributed by atoms with Crippen LogP contribution in [0.1, 0.15) is 38.3 Å². The van der Waals surface area contributed by atoms with E-state index in [0.717, 1.165) is 12.0 Å². The number of rotatable bonds is 3. The standard InChI is InChI=1S/C16H21F3N2O2/c1-10(2)14(16(17,18)19)20-15(23)21-9-3-4-13(21)11-5-7-12(22)8-6-11/h5-8,10,13-14,22H,3-4,9H2,1-2H3,(H,20,23)/t13?,14-/m0/s1. The van der Waals surface area contributed by atoms with E-state index in [1.54, 1.807) is 12.1 Å². The monoisotopic (exact) mass is 330 g/mol. The number of nitrogens with zero attached hydrogens (tertiary/aromatic N) is 1. The van der Waals surface area contributed by atoms with E-state index in [-0.39, 0.29) is 11.8 Å². The fourth-order valence-corrected chi connectivity index (χ4v) is 2.90. The van der Waals surface area contributed by atoms with Gasteiger partial charge in [-0.3, -0.25) is 0 Å². The molecule has 1 saturated heterocycles. The van der Waals surface area contributed by atoms with Crippen LogP contribution in [0.3, 0.4) is 0 Å². The summed E-state index contributed by atoms with van der Waals surface area (Å²) in [6.07, 6.45) is -3.05. The van der Waals surface area contributed by atoms with Crippen molar-refractivity contribution in [2.75, 3.05) is 6.54 Å². The van der Waals surface area contributed by atoms with Crippen molar-refractivity contribution in [2.24, 2.45) is 5.92 Å². The lowest BCUT2D eigenvalue weighted by Gasteiger charge is -2.30. The highest BCUT2D eigenvalue weighted by Crippen LogP contribution is 2.33. The number of amides is 2. The maximum atomic E-state index is 13.0. The van der Waals surface area contributed by atoms with Gasteiger partial charge in [0.15, 0.2) is 0 Å². The SMILES string of the molecule is CC(C)[C@H](NC(=O)N1CCCC1c1ccc(O)cc1)C(F)(F)F. The van der Waals surface area contributed by atoms with Crippen LogP contribution >= 0.6 is 0 Å². The number of urea groups is 1. The van der Waals surface area contributed by atoms with Crippen LogP contribution in [0.2, 0.25) is 0 Å². The van der Waals surface area contributed by atoms with Gasteiger partial charge in [0.25, 0.3) is 0 Å². The zero-order valence-corrected chi connectivity index (χ0v) is 13.1. The molecule has 0 radical (unpaired) electrons. The third-order valence-electron chi connectivity index (χ3n) is 4.09. The number of likely N-dealkylation sites (tertiary alicyclic amines) is 1. The van der Waals surface area contributed by atoms with Gasteiger partial charge in [0.05, 0.1) is 6.04 Å². The number of nitrogens with one attached hydrogen (secondary N) is 1. The molecule has 0 saturated carbocycles. The van der Waals surface area contributed by atoms with Crippen molar-refractivity contribution in [3.8, 4) is 5.75 Å². The van der Waals surface area contributed by atoms with Crippen LogP contribution in [0.5, 0.6) is 5.75 Å². The molecule has 2 amide bonds. The van der Waals surface area contributed by atoms with Crippen LogP contribution in [0, 0.1) is 5.92 Å². The first-order valence-corrected chi connectivity index (χ1v) is 7.63. The zero-order chi connectivity index (χ0) is 17.2. The zero-order valence-electron chi connectivity index (χ0n) is 13.1. The minimum absolute atomic E-state index is 0.111. The van der Waals surface area contributed by atoms with E-state index in [0.29, 0.717) is 13.0 Å². The molecule has 1 aliphatic heterocycles. The van der Waals surface area contributed by atoms with Gasteiger partial charge in [-0.15, -0.1) is 0 Å². The number of phenols is 1. The summed E-state index contributed by atoms with van der Waals surface area (Å²) >= 11 is 0. The van der Waals surface area contributed by atoms with Crippen molar-refractivity contribution >= 4 is 6.03 Å². The van der Waals surface area contributed by atoms with Gasteiger partial charge in [0.2, 0.25) is 0 Å². The van der Waals surface area contributed by atoms with E-state index in [2.05, 4.69) is 5.32 Å². The van der Waals surface area contributed by atoms with Crippen LogP contribution in [-0.2, 0) is 0 Å². The van der Waals surface area contributed by atoms with Gasteiger partial charge in [-0.2, -0.15) is 13.2 Å². The maximum absolute atomic E-state index is 13.0. The molecule has 2 rings (SSSR count). The van der Waals surface area contributed by atoms with E-state index in [9.17, 15) is 23.1 Å². The molecule has 128 valence electrons. The molecule has 1 aromatic rings. The van der Waals surface area contributed by atoms with E-state index in [4.69, 9.17) is 0 Å². The van der Waals surface area contributed by atoms with Crippen molar-refractivity contribution in [3.63, 3.8) is 0 Å². The predicted molar refractivity (Wildman–Crippen MR) is 80.0 cm³/mol. The first-order valence-electron chi connectivity index (χ1n) is 7.63. The third-order valence-corrected chi connectivity index (χ3v) is 4.09. The normalized spacial score (nSPS) is 19.9. The first kappa shape index (κ1) is 17.4. The highest BCUT2D eigenvalue weighted by atomic mass is 19.4. The second kappa shape index (κ2) is 6.68. The highest BCUT2D eigenvalue weighted by Gasteiger charge is 2.44. The molecule has 0 aliphatic carbocycles. The van der Waals surface area contributed by atoms with Crippen LogP contribution in [0.25, 0.3) is 0 Å². The van der Waals surface area contributed by atoms with Gasteiger partial charge in [0.1, 0.15) is 11.8 Å². The summed E-state index contributed by atoms with van der Waals surface area (Å²) in [6.45, 7) is 3.28. The third kappa shape index (κ3) is 4.09. The number of benzene rings is 1. The first-order chi connectivity index (χ1) is 10.7. The minimum atomic E-state index is -4.47. The Morgan fingerprint density at radius 3 is 2.43 bits per heavy atom. The predicted octanol–water partition coefficient (Wildman–Crippen LogP) is 3.83. The van der Waals surface area contributed by atoms with Crippen molar-refractivity contribution < 1.29 is 23.1 Å². The molecule has 2 N–H and O–H groups in total. The van der Waals surface area contributed by atoms with E-state index >= 15 is 0 Å². The lowest BCUT2D eigenvalue weighted by Crippen LogP contribution is -2.52. The molecule has 7 heteroatoms. The van der Waals surface area contributed by atoms with Gasteiger partial charge in [-0.1, -0.05) is 26.0 Å². The van der Waals surface area contributed by atoms with Gasteiger partial charge in [0, 0.05) is 6.54 Å². The average Bonchev–Trinajstić information content (AvgIpc) is 2.93. The van der Waals surface area contributed by atoms with Gasteiger partial charge < -0.3 is 15.3 Å². The highest BCUT2D eigenvalue weighted by molar-refractivity contribution is 5.75. The van der Waals surface area contributed by atoms with Crippen molar-refractivity contribution in [1.82, 2.24) is 10.2 Å². The summed E-state index contributed by atoms with van der Waals surface area (Å²) in [6, 6.07) is 3.57. The Bertz CT molecular complexity index is 543. The Labute approximate surface area is 133 Å². The number of alkyl halides is 3. The van der Waals surface area contributed by atoms with Crippen molar-refractivity contribution in [1.29, 1.82) is 0 Å². The molecule has 0 aromatic heterocycles. The minimum Gasteiger partial charge on any atom is -0.508 e. The summed E-state index contributed by atoms with van der Waals surface area (Å²) in [5.41, 5.74) is 0.809. The Balaban J connectivity index is 2.13. The van der Waals surface area contributed by atoms with Gasteiger partial charge in [-0.25, -0.2) is 4.79 Å². The summed E-state index contributed by atoms with van der Waals surface area (Å²) in [7, 11) is 0. The lowest BCUT2D eigenvalue weighted by atomic mass is 10.0. The van der Waals surface area contributed by atoms with E-state index in [1.807, 2.05) is 0 Å². The van der Waals surface area contributed by atoms with E-state index < -0.39 is 24.2 Å². The molecule has 1 unspecified atom stereocenters. The molecule has 1 aromatic carbocycles. The van der Waals surface area contributed by atoms with Crippen LogP contribution < -0.4 is 5.32 Å². The second-order valence-corrected chi connectivity index (χ2v) is 6.16. The number of phenolic OH excluding ortho intramolecular Hbond substituents is 1. The maximum Gasteiger partial charge on any atom is 0.408 e. The number of halogens is 3. The molecular weight excluding hydrogens is 309 g/mol. The molecule has 1 fully saturated rings. The summed E-state index contributed by atoms with van der Waals surface area (Å²) in [5, 5.41) is 11.4. The Kier molecular flexibility index (Phi) is 5.06. The Morgan fingerprint density at radius 2 is 1.91 bits per heavy atom. The van der Waals surface area contributed by atoms with E-state index in [1.165, 1.54) is 30.9 Å². The second-order valence-electron chi connectivity index (χ2n) is 6.16.